The summed E-state index contributed by atoms with van der Waals surface area (Å²) in [5.41, 5.74) is 6.84. The van der Waals surface area contributed by atoms with Crippen molar-refractivity contribution in [1.29, 1.82) is 0 Å². The molecule has 2 aliphatic rings. The third kappa shape index (κ3) is 4.72. The van der Waals surface area contributed by atoms with Crippen LogP contribution in [0.5, 0.6) is 5.75 Å². The average molecular weight is 458 g/mol. The Labute approximate surface area is 201 Å². The van der Waals surface area contributed by atoms with Gasteiger partial charge in [-0.05, 0) is 58.9 Å². The molecule has 1 spiro atoms. The quantitative estimate of drug-likeness (QED) is 0.455. The maximum absolute atomic E-state index is 12.5. The van der Waals surface area contributed by atoms with Gasteiger partial charge in [0.2, 0.25) is 0 Å². The van der Waals surface area contributed by atoms with Crippen LogP contribution in [0, 0.1) is 5.41 Å². The molecule has 1 fully saturated rings. The predicted octanol–water partition coefficient (Wildman–Crippen LogP) is 4.80. The van der Waals surface area contributed by atoms with Crippen molar-refractivity contribution in [3.63, 3.8) is 0 Å². The largest absolute Gasteiger partial charge is 0.497 e. The summed E-state index contributed by atoms with van der Waals surface area (Å²) in [6, 6.07) is 22.7. The van der Waals surface area contributed by atoms with Gasteiger partial charge in [-0.3, -0.25) is 4.90 Å². The van der Waals surface area contributed by atoms with Gasteiger partial charge in [-0.25, -0.2) is 4.79 Å². The molecule has 5 heteroatoms. The minimum atomic E-state index is -0.300. The van der Waals surface area contributed by atoms with Crippen LogP contribution in [0.15, 0.2) is 66.7 Å². The van der Waals surface area contributed by atoms with Crippen molar-refractivity contribution in [2.75, 3.05) is 27.3 Å². The van der Waals surface area contributed by atoms with E-state index in [2.05, 4.69) is 41.3 Å². The molecule has 1 aliphatic carbocycles. The number of nitrogens with zero attached hydrogens (tertiary/aromatic N) is 1. The molecule has 5 rings (SSSR count). The standard InChI is InChI=1S/C29H31NO4/c1-32-26-10-8-22(9-11-26)17-34-18-25-12-23-14-29(15-24(23)13-27(25)28(31)33-2)19-30(20-29)16-21-6-4-3-5-7-21/h3-13H,14-20H2,1-2H3. The van der Waals surface area contributed by atoms with Crippen molar-refractivity contribution < 1.29 is 19.0 Å². The number of hydrogen-bond donors (Lipinski definition) is 0. The molecule has 0 unspecified atom stereocenters. The van der Waals surface area contributed by atoms with E-state index in [4.69, 9.17) is 14.2 Å². The highest BCUT2D eigenvalue weighted by Crippen LogP contribution is 2.45. The zero-order valence-electron chi connectivity index (χ0n) is 19.9. The van der Waals surface area contributed by atoms with Gasteiger partial charge in [0, 0.05) is 25.0 Å². The van der Waals surface area contributed by atoms with E-state index in [9.17, 15) is 4.79 Å². The van der Waals surface area contributed by atoms with Crippen LogP contribution in [0.2, 0.25) is 0 Å². The van der Waals surface area contributed by atoms with Gasteiger partial charge in [0.25, 0.3) is 0 Å². The molecule has 0 amide bonds. The van der Waals surface area contributed by atoms with E-state index in [1.807, 2.05) is 30.3 Å². The average Bonchev–Trinajstić information content (AvgIpc) is 3.22. The summed E-state index contributed by atoms with van der Waals surface area (Å²) in [6.07, 6.45) is 2.07. The van der Waals surface area contributed by atoms with Crippen molar-refractivity contribution in [3.05, 3.63) is 100 Å². The molecule has 0 bridgehead atoms. The molecular formula is C29H31NO4. The first-order valence-corrected chi connectivity index (χ1v) is 11.8. The zero-order chi connectivity index (χ0) is 23.5. The summed E-state index contributed by atoms with van der Waals surface area (Å²) in [6.45, 7) is 4.02. The van der Waals surface area contributed by atoms with E-state index in [-0.39, 0.29) is 11.4 Å². The van der Waals surface area contributed by atoms with Crippen molar-refractivity contribution in [3.8, 4) is 5.75 Å². The maximum Gasteiger partial charge on any atom is 0.338 e. The highest BCUT2D eigenvalue weighted by atomic mass is 16.5. The molecule has 1 saturated heterocycles. The molecule has 0 aromatic heterocycles. The van der Waals surface area contributed by atoms with E-state index in [1.54, 1.807) is 7.11 Å². The lowest BCUT2D eigenvalue weighted by atomic mass is 9.77. The Morgan fingerprint density at radius 1 is 0.882 bits per heavy atom. The minimum Gasteiger partial charge on any atom is -0.497 e. The third-order valence-electron chi connectivity index (χ3n) is 7.01. The summed E-state index contributed by atoms with van der Waals surface area (Å²) in [7, 11) is 3.09. The van der Waals surface area contributed by atoms with Crippen molar-refractivity contribution in [2.24, 2.45) is 5.41 Å². The molecule has 0 saturated carbocycles. The molecule has 3 aromatic carbocycles. The molecule has 1 aliphatic heterocycles. The van der Waals surface area contributed by atoms with Crippen LogP contribution in [-0.4, -0.2) is 38.2 Å². The van der Waals surface area contributed by atoms with Crippen molar-refractivity contribution in [2.45, 2.75) is 32.6 Å². The summed E-state index contributed by atoms with van der Waals surface area (Å²) in [5, 5.41) is 0. The number of benzene rings is 3. The normalized spacial score (nSPS) is 16.2. The van der Waals surface area contributed by atoms with Crippen LogP contribution >= 0.6 is 0 Å². The number of ether oxygens (including phenoxy) is 3. The molecule has 3 aromatic rings. The van der Waals surface area contributed by atoms with Crippen molar-refractivity contribution >= 4 is 5.97 Å². The topological polar surface area (TPSA) is 48.0 Å². The second kappa shape index (κ2) is 9.61. The van der Waals surface area contributed by atoms with E-state index in [0.717, 1.165) is 49.4 Å². The first-order valence-electron chi connectivity index (χ1n) is 11.8. The van der Waals surface area contributed by atoms with Crippen LogP contribution in [-0.2, 0) is 42.1 Å². The second-order valence-corrected chi connectivity index (χ2v) is 9.59. The third-order valence-corrected chi connectivity index (χ3v) is 7.01. The summed E-state index contributed by atoms with van der Waals surface area (Å²) in [4.78, 5) is 15.1. The van der Waals surface area contributed by atoms with E-state index in [1.165, 1.54) is 23.8 Å². The van der Waals surface area contributed by atoms with Gasteiger partial charge >= 0.3 is 5.97 Å². The lowest BCUT2D eigenvalue weighted by Gasteiger charge is -2.48. The molecule has 5 nitrogen and oxygen atoms in total. The molecule has 1 heterocycles. The van der Waals surface area contributed by atoms with Crippen LogP contribution in [0.1, 0.15) is 38.2 Å². The fraction of sp³-hybridized carbons (Fsp3) is 0.345. The van der Waals surface area contributed by atoms with Gasteiger partial charge in [-0.2, -0.15) is 0 Å². The first-order chi connectivity index (χ1) is 16.6. The Kier molecular flexibility index (Phi) is 6.40. The summed E-state index contributed by atoms with van der Waals surface area (Å²) >= 11 is 0. The molecule has 0 atom stereocenters. The number of fused-ring (bicyclic) bond motifs is 1. The fourth-order valence-electron chi connectivity index (χ4n) is 5.44. The number of hydrogen-bond acceptors (Lipinski definition) is 5. The number of esters is 1. The fourth-order valence-corrected chi connectivity index (χ4v) is 5.44. The maximum atomic E-state index is 12.5. The molecule has 176 valence electrons. The Hall–Kier alpha value is -3.15. The van der Waals surface area contributed by atoms with E-state index < -0.39 is 0 Å². The van der Waals surface area contributed by atoms with Crippen LogP contribution in [0.25, 0.3) is 0 Å². The highest BCUT2D eigenvalue weighted by Gasteiger charge is 2.47. The highest BCUT2D eigenvalue weighted by molar-refractivity contribution is 5.91. The monoisotopic (exact) mass is 457 g/mol. The molecular weight excluding hydrogens is 426 g/mol. The molecule has 0 radical (unpaired) electrons. The lowest BCUT2D eigenvalue weighted by molar-refractivity contribution is 0.00241. The zero-order valence-corrected chi connectivity index (χ0v) is 19.9. The summed E-state index contributed by atoms with van der Waals surface area (Å²) in [5.74, 6) is 0.522. The number of carbonyl (C=O) groups excluding carboxylic acids is 1. The van der Waals surface area contributed by atoms with Gasteiger partial charge in [0.05, 0.1) is 33.0 Å². The van der Waals surface area contributed by atoms with E-state index >= 15 is 0 Å². The summed E-state index contributed by atoms with van der Waals surface area (Å²) < 4.78 is 16.3. The second-order valence-electron chi connectivity index (χ2n) is 9.59. The van der Waals surface area contributed by atoms with Crippen LogP contribution in [0.4, 0.5) is 0 Å². The SMILES string of the molecule is COC(=O)c1cc2c(cc1COCc1ccc(OC)cc1)CC1(C2)CN(Cc2ccccc2)C1. The Morgan fingerprint density at radius 2 is 1.59 bits per heavy atom. The van der Waals surface area contributed by atoms with Crippen molar-refractivity contribution in [1.82, 2.24) is 4.90 Å². The number of carbonyl (C=O) groups is 1. The molecule has 0 N–H and O–H groups in total. The predicted molar refractivity (Wildman–Crippen MR) is 131 cm³/mol. The van der Waals surface area contributed by atoms with Crippen LogP contribution < -0.4 is 4.74 Å². The first kappa shape index (κ1) is 22.6. The van der Waals surface area contributed by atoms with Gasteiger partial charge in [0.1, 0.15) is 5.75 Å². The molecule has 34 heavy (non-hydrogen) atoms. The lowest BCUT2D eigenvalue weighted by Crippen LogP contribution is -2.56. The van der Waals surface area contributed by atoms with Gasteiger partial charge in [-0.15, -0.1) is 0 Å². The van der Waals surface area contributed by atoms with Gasteiger partial charge in [0.15, 0.2) is 0 Å². The Bertz CT molecular complexity index is 1150. The number of rotatable bonds is 8. The van der Waals surface area contributed by atoms with Crippen LogP contribution in [0.3, 0.4) is 0 Å². The smallest absolute Gasteiger partial charge is 0.338 e. The van der Waals surface area contributed by atoms with E-state index in [0.29, 0.717) is 18.8 Å². The van der Waals surface area contributed by atoms with Gasteiger partial charge < -0.3 is 14.2 Å². The Balaban J connectivity index is 1.25. The number of likely N-dealkylation sites (tertiary alicyclic amines) is 1. The Morgan fingerprint density at radius 3 is 2.26 bits per heavy atom. The minimum absolute atomic E-state index is 0.285. The van der Waals surface area contributed by atoms with Gasteiger partial charge in [-0.1, -0.05) is 48.5 Å². The number of methoxy groups -OCH3 is 2.